The van der Waals surface area contributed by atoms with Gasteiger partial charge in [0, 0.05) is 24.6 Å². The van der Waals surface area contributed by atoms with Crippen LogP contribution in [0.15, 0.2) is 16.9 Å². The molecule has 3 rings (SSSR count). The molecule has 2 atom stereocenters. The van der Waals surface area contributed by atoms with Crippen LogP contribution in [0, 0.1) is 5.92 Å². The lowest BCUT2D eigenvalue weighted by molar-refractivity contribution is 0.107. The molecule has 0 unspecified atom stereocenters. The number of aromatic nitrogens is 1. The smallest absolute Gasteiger partial charge is 0.124 e. The molecule has 15 heavy (non-hydrogen) atoms. The molecule has 0 saturated carbocycles. The van der Waals surface area contributed by atoms with Gasteiger partial charge in [0.1, 0.15) is 6.26 Å². The van der Waals surface area contributed by atoms with Crippen LogP contribution in [0.4, 0.5) is 0 Å². The highest BCUT2D eigenvalue weighted by atomic mass is 16.5. The topological polar surface area (TPSA) is 38.5 Å². The lowest BCUT2D eigenvalue weighted by Gasteiger charge is -2.35. The molecule has 2 aliphatic rings. The quantitative estimate of drug-likeness (QED) is 0.734. The van der Waals surface area contributed by atoms with Crippen molar-refractivity contribution in [1.82, 2.24) is 10.1 Å². The van der Waals surface area contributed by atoms with E-state index >= 15 is 0 Å². The van der Waals surface area contributed by atoms with E-state index in [2.05, 4.69) is 10.1 Å². The first kappa shape index (κ1) is 9.36. The third kappa shape index (κ3) is 1.79. The van der Waals surface area contributed by atoms with Crippen molar-refractivity contribution in [1.29, 1.82) is 0 Å². The van der Waals surface area contributed by atoms with Crippen LogP contribution in [0.1, 0.15) is 18.5 Å². The average Bonchev–Trinajstić information content (AvgIpc) is 2.87. The number of ether oxygens (including phenoxy) is 1. The fourth-order valence-corrected chi connectivity index (χ4v) is 2.71. The van der Waals surface area contributed by atoms with Gasteiger partial charge < -0.3 is 9.26 Å². The molecule has 4 heteroatoms. The molecular formula is C11H16N2O2. The van der Waals surface area contributed by atoms with E-state index in [1.54, 1.807) is 6.26 Å². The highest BCUT2D eigenvalue weighted by Crippen LogP contribution is 2.29. The van der Waals surface area contributed by atoms with Gasteiger partial charge in [0.25, 0.3) is 0 Å². The molecule has 4 nitrogen and oxygen atoms in total. The van der Waals surface area contributed by atoms with Crippen LogP contribution < -0.4 is 0 Å². The molecule has 2 aliphatic heterocycles. The Kier molecular flexibility index (Phi) is 2.46. The predicted octanol–water partition coefficient (Wildman–Crippen LogP) is 1.29. The van der Waals surface area contributed by atoms with E-state index in [0.29, 0.717) is 6.04 Å². The van der Waals surface area contributed by atoms with Crippen LogP contribution >= 0.6 is 0 Å². The monoisotopic (exact) mass is 208 g/mol. The minimum Gasteiger partial charge on any atom is -0.379 e. The molecule has 2 fully saturated rings. The minimum absolute atomic E-state index is 0.607. The van der Waals surface area contributed by atoms with Crippen molar-refractivity contribution in [3.05, 3.63) is 18.0 Å². The molecule has 3 heterocycles. The Morgan fingerprint density at radius 1 is 1.47 bits per heavy atom. The van der Waals surface area contributed by atoms with E-state index in [-0.39, 0.29) is 0 Å². The average molecular weight is 208 g/mol. The van der Waals surface area contributed by atoms with Gasteiger partial charge in [-0.15, -0.1) is 0 Å². The van der Waals surface area contributed by atoms with E-state index in [1.807, 2.05) is 6.07 Å². The molecule has 0 aromatic carbocycles. The molecule has 0 N–H and O–H groups in total. The van der Waals surface area contributed by atoms with Crippen LogP contribution in [-0.4, -0.2) is 35.9 Å². The van der Waals surface area contributed by atoms with Crippen molar-refractivity contribution in [2.75, 3.05) is 19.8 Å². The van der Waals surface area contributed by atoms with Crippen LogP contribution in [0.25, 0.3) is 0 Å². The second-order valence-corrected chi connectivity index (χ2v) is 4.47. The molecule has 1 aromatic rings. The standard InChI is InChI=1S/C11H16N2O2/c1-2-9-7-14-8-11(9)13(4-1)6-10-3-5-15-12-10/h3,5,9,11H,1-2,4,6-8H2/t9-,11+/m0/s1. The Morgan fingerprint density at radius 3 is 3.33 bits per heavy atom. The van der Waals surface area contributed by atoms with Gasteiger partial charge in [-0.05, 0) is 19.4 Å². The van der Waals surface area contributed by atoms with Crippen molar-refractivity contribution >= 4 is 0 Å². The van der Waals surface area contributed by atoms with E-state index < -0.39 is 0 Å². The Labute approximate surface area is 89.2 Å². The van der Waals surface area contributed by atoms with E-state index in [1.165, 1.54) is 12.8 Å². The summed E-state index contributed by atoms with van der Waals surface area (Å²) < 4.78 is 10.4. The van der Waals surface area contributed by atoms with Gasteiger partial charge in [0.2, 0.25) is 0 Å². The summed E-state index contributed by atoms with van der Waals surface area (Å²) in [7, 11) is 0. The molecule has 0 aliphatic carbocycles. The fraction of sp³-hybridized carbons (Fsp3) is 0.727. The van der Waals surface area contributed by atoms with Crippen LogP contribution in [0.5, 0.6) is 0 Å². The number of rotatable bonds is 2. The summed E-state index contributed by atoms with van der Waals surface area (Å²) in [4.78, 5) is 2.49. The number of likely N-dealkylation sites (tertiary alicyclic amines) is 1. The van der Waals surface area contributed by atoms with Gasteiger partial charge in [-0.2, -0.15) is 0 Å². The Morgan fingerprint density at radius 2 is 2.47 bits per heavy atom. The summed E-state index contributed by atoms with van der Waals surface area (Å²) in [6.07, 6.45) is 4.24. The third-order valence-corrected chi connectivity index (χ3v) is 3.51. The summed E-state index contributed by atoms with van der Waals surface area (Å²) in [6.45, 7) is 3.90. The number of hydrogen-bond donors (Lipinski definition) is 0. The van der Waals surface area contributed by atoms with E-state index in [9.17, 15) is 0 Å². The Hall–Kier alpha value is -0.870. The molecule has 2 saturated heterocycles. The lowest BCUT2D eigenvalue weighted by Crippen LogP contribution is -2.44. The zero-order valence-electron chi connectivity index (χ0n) is 8.76. The summed E-state index contributed by atoms with van der Waals surface area (Å²) in [5, 5.41) is 3.97. The minimum atomic E-state index is 0.607. The van der Waals surface area contributed by atoms with Gasteiger partial charge >= 0.3 is 0 Å². The molecular weight excluding hydrogens is 192 g/mol. The molecule has 0 bridgehead atoms. The molecule has 0 radical (unpaired) electrons. The first-order valence-electron chi connectivity index (χ1n) is 5.64. The highest BCUT2D eigenvalue weighted by Gasteiger charge is 2.35. The van der Waals surface area contributed by atoms with Crippen molar-refractivity contribution in [2.24, 2.45) is 5.92 Å². The molecule has 0 amide bonds. The number of piperidine rings is 1. The second kappa shape index (κ2) is 3.94. The predicted molar refractivity (Wildman–Crippen MR) is 54.2 cm³/mol. The Bertz CT molecular complexity index is 312. The number of fused-ring (bicyclic) bond motifs is 1. The summed E-state index contributed by atoms with van der Waals surface area (Å²) in [5.41, 5.74) is 1.03. The van der Waals surface area contributed by atoms with Gasteiger partial charge in [0.15, 0.2) is 0 Å². The van der Waals surface area contributed by atoms with Crippen molar-refractivity contribution in [3.8, 4) is 0 Å². The third-order valence-electron chi connectivity index (χ3n) is 3.51. The van der Waals surface area contributed by atoms with Crippen LogP contribution in [0.2, 0.25) is 0 Å². The maximum Gasteiger partial charge on any atom is 0.124 e. The maximum absolute atomic E-state index is 5.56. The van der Waals surface area contributed by atoms with Crippen molar-refractivity contribution in [2.45, 2.75) is 25.4 Å². The zero-order chi connectivity index (χ0) is 10.1. The maximum atomic E-state index is 5.56. The first-order chi connectivity index (χ1) is 7.43. The lowest BCUT2D eigenvalue weighted by atomic mass is 9.92. The molecule has 82 valence electrons. The normalized spacial score (nSPS) is 31.7. The second-order valence-electron chi connectivity index (χ2n) is 4.47. The van der Waals surface area contributed by atoms with E-state index in [4.69, 9.17) is 9.26 Å². The Balaban J connectivity index is 1.69. The molecule has 1 aromatic heterocycles. The highest BCUT2D eigenvalue weighted by molar-refractivity contribution is 4.98. The number of hydrogen-bond acceptors (Lipinski definition) is 4. The summed E-state index contributed by atoms with van der Waals surface area (Å²) in [5.74, 6) is 0.741. The SMILES string of the molecule is c1cc(CN2CCC[C@H]3COC[C@H]32)no1. The van der Waals surface area contributed by atoms with Gasteiger partial charge in [-0.25, -0.2) is 0 Å². The fourth-order valence-electron chi connectivity index (χ4n) is 2.71. The first-order valence-corrected chi connectivity index (χ1v) is 5.64. The van der Waals surface area contributed by atoms with Crippen LogP contribution in [0.3, 0.4) is 0 Å². The van der Waals surface area contributed by atoms with Gasteiger partial charge in [-0.3, -0.25) is 4.90 Å². The largest absolute Gasteiger partial charge is 0.379 e. The van der Waals surface area contributed by atoms with Gasteiger partial charge in [-0.1, -0.05) is 5.16 Å². The van der Waals surface area contributed by atoms with Gasteiger partial charge in [0.05, 0.1) is 18.9 Å². The summed E-state index contributed by atoms with van der Waals surface area (Å²) >= 11 is 0. The van der Waals surface area contributed by atoms with Crippen molar-refractivity contribution < 1.29 is 9.26 Å². The zero-order valence-corrected chi connectivity index (χ0v) is 8.76. The van der Waals surface area contributed by atoms with Crippen LogP contribution in [-0.2, 0) is 11.3 Å². The number of nitrogens with zero attached hydrogens (tertiary/aromatic N) is 2. The van der Waals surface area contributed by atoms with Crippen molar-refractivity contribution in [3.63, 3.8) is 0 Å². The molecule has 0 spiro atoms. The van der Waals surface area contributed by atoms with E-state index in [0.717, 1.165) is 37.9 Å². The summed E-state index contributed by atoms with van der Waals surface area (Å²) in [6, 6.07) is 2.55.